The monoisotopic (exact) mass is 906 g/mol. The van der Waals surface area contributed by atoms with Gasteiger partial charge >= 0.3 is 19.8 Å². The number of carbonyl (C=O) groups is 4. The molecule has 0 spiro atoms. The van der Waals surface area contributed by atoms with Crippen molar-refractivity contribution in [1.29, 1.82) is 0 Å². The normalized spacial score (nSPS) is 14.2. The van der Waals surface area contributed by atoms with Crippen molar-refractivity contribution >= 4 is 32.0 Å². The van der Waals surface area contributed by atoms with Crippen molar-refractivity contribution in [3.8, 4) is 0 Å². The fourth-order valence-corrected chi connectivity index (χ4v) is 8.38. The van der Waals surface area contributed by atoms with E-state index in [-0.39, 0.29) is 19.1 Å². The molecular formula is C48H92NO12P. The SMILES string of the molecule is CCCCCCCCCCCCCC(=O)N[C@@H](C=O)[C@@H](OC(=O)C[C@@H](CCCCCCCCCCC)OC(=O)CCCCCCCCCCCCC)[C@H](OP(=O)(O)O)[C@H](O)CO. The first-order valence-corrected chi connectivity index (χ1v) is 26.6. The number of phosphoric ester groups is 1. The van der Waals surface area contributed by atoms with E-state index >= 15 is 0 Å². The van der Waals surface area contributed by atoms with E-state index in [1.807, 2.05) is 0 Å². The van der Waals surface area contributed by atoms with E-state index in [0.29, 0.717) is 25.7 Å². The van der Waals surface area contributed by atoms with Gasteiger partial charge in [-0.15, -0.1) is 0 Å². The number of aliphatic hydroxyl groups excluding tert-OH is 2. The number of amides is 1. The Morgan fingerprint density at radius 1 is 0.548 bits per heavy atom. The molecule has 14 heteroatoms. The topological polar surface area (TPSA) is 206 Å². The fraction of sp³-hybridized carbons (Fsp3) is 0.917. The Kier molecular flexibility index (Phi) is 40.5. The smallest absolute Gasteiger partial charge is 0.462 e. The van der Waals surface area contributed by atoms with Gasteiger partial charge in [-0.25, -0.2) is 4.57 Å². The highest BCUT2D eigenvalue weighted by Gasteiger charge is 2.42. The molecule has 0 aliphatic heterocycles. The number of hydrogen-bond donors (Lipinski definition) is 5. The molecule has 366 valence electrons. The number of ether oxygens (including phenoxy) is 2. The zero-order valence-electron chi connectivity index (χ0n) is 39.4. The minimum atomic E-state index is -5.38. The molecule has 5 N–H and O–H groups in total. The molecule has 1 amide bonds. The average molecular weight is 906 g/mol. The van der Waals surface area contributed by atoms with Gasteiger partial charge in [0, 0.05) is 12.8 Å². The number of nitrogens with one attached hydrogen (secondary N) is 1. The van der Waals surface area contributed by atoms with Crippen molar-refractivity contribution in [3.05, 3.63) is 0 Å². The highest BCUT2D eigenvalue weighted by atomic mass is 31.2. The summed E-state index contributed by atoms with van der Waals surface area (Å²) in [6.07, 6.45) is 27.5. The summed E-state index contributed by atoms with van der Waals surface area (Å²) in [5.74, 6) is -1.99. The predicted octanol–water partition coefficient (Wildman–Crippen LogP) is 11.0. The predicted molar refractivity (Wildman–Crippen MR) is 246 cm³/mol. The molecule has 0 aromatic rings. The van der Waals surface area contributed by atoms with Crippen molar-refractivity contribution < 1.29 is 57.7 Å². The summed E-state index contributed by atoms with van der Waals surface area (Å²) in [7, 11) is -5.38. The molecule has 0 saturated carbocycles. The van der Waals surface area contributed by atoms with Gasteiger partial charge < -0.3 is 39.6 Å². The van der Waals surface area contributed by atoms with E-state index in [2.05, 4.69) is 26.1 Å². The number of hydrogen-bond acceptors (Lipinski definition) is 10. The molecule has 0 saturated heterocycles. The van der Waals surface area contributed by atoms with Gasteiger partial charge in [0.05, 0.1) is 13.0 Å². The summed E-state index contributed by atoms with van der Waals surface area (Å²) in [6.45, 7) is 5.54. The van der Waals surface area contributed by atoms with Crippen molar-refractivity contribution in [1.82, 2.24) is 5.32 Å². The molecule has 0 rings (SSSR count). The third kappa shape index (κ3) is 36.4. The van der Waals surface area contributed by atoms with Gasteiger partial charge in [0.25, 0.3) is 0 Å². The highest BCUT2D eigenvalue weighted by molar-refractivity contribution is 7.46. The summed E-state index contributed by atoms with van der Waals surface area (Å²) < 4.78 is 28.2. The van der Waals surface area contributed by atoms with E-state index in [0.717, 1.165) is 70.6 Å². The van der Waals surface area contributed by atoms with Gasteiger partial charge in [0.1, 0.15) is 30.6 Å². The van der Waals surface area contributed by atoms with Gasteiger partial charge in [-0.3, -0.25) is 18.9 Å². The largest absolute Gasteiger partial charge is 0.470 e. The molecule has 0 aliphatic carbocycles. The Balaban J connectivity index is 5.57. The second kappa shape index (κ2) is 41.8. The van der Waals surface area contributed by atoms with Crippen LogP contribution in [-0.4, -0.2) is 81.2 Å². The Bertz CT molecular complexity index is 1140. The van der Waals surface area contributed by atoms with Crippen LogP contribution in [0.15, 0.2) is 0 Å². The van der Waals surface area contributed by atoms with E-state index < -0.39 is 69.2 Å². The molecule has 5 atom stereocenters. The molecule has 62 heavy (non-hydrogen) atoms. The van der Waals surface area contributed by atoms with Crippen LogP contribution in [0.4, 0.5) is 0 Å². The van der Waals surface area contributed by atoms with Crippen LogP contribution in [0.5, 0.6) is 0 Å². The summed E-state index contributed by atoms with van der Waals surface area (Å²) in [6, 6.07) is -1.68. The van der Waals surface area contributed by atoms with Crippen LogP contribution in [-0.2, 0) is 37.7 Å². The van der Waals surface area contributed by atoms with Crippen molar-refractivity contribution in [2.24, 2.45) is 0 Å². The second-order valence-electron chi connectivity index (χ2n) is 17.5. The lowest BCUT2D eigenvalue weighted by molar-refractivity contribution is -0.169. The van der Waals surface area contributed by atoms with Crippen molar-refractivity contribution in [2.45, 2.75) is 276 Å². The molecule has 0 unspecified atom stereocenters. The molecule has 0 fully saturated rings. The number of esters is 2. The number of phosphoric acid groups is 1. The van der Waals surface area contributed by atoms with Gasteiger partial charge in [0.15, 0.2) is 6.10 Å². The maximum atomic E-state index is 13.6. The molecule has 0 radical (unpaired) electrons. The highest BCUT2D eigenvalue weighted by Crippen LogP contribution is 2.40. The van der Waals surface area contributed by atoms with Gasteiger partial charge in [0.2, 0.25) is 5.91 Å². The number of aliphatic hydroxyl groups is 2. The van der Waals surface area contributed by atoms with E-state index in [4.69, 9.17) is 14.0 Å². The van der Waals surface area contributed by atoms with Crippen LogP contribution in [0.3, 0.4) is 0 Å². The quantitative estimate of drug-likeness (QED) is 0.0167. The summed E-state index contributed by atoms with van der Waals surface area (Å²) >= 11 is 0. The van der Waals surface area contributed by atoms with E-state index in [9.17, 15) is 43.7 Å². The second-order valence-corrected chi connectivity index (χ2v) is 18.7. The van der Waals surface area contributed by atoms with Gasteiger partial charge in [-0.05, 0) is 25.7 Å². The number of carbonyl (C=O) groups excluding carboxylic acids is 4. The lowest BCUT2D eigenvalue weighted by atomic mass is 10.0. The lowest BCUT2D eigenvalue weighted by Gasteiger charge is -2.33. The molecule has 13 nitrogen and oxygen atoms in total. The summed E-state index contributed by atoms with van der Waals surface area (Å²) in [5.41, 5.74) is 0. The van der Waals surface area contributed by atoms with Crippen LogP contribution >= 0.6 is 7.82 Å². The zero-order valence-corrected chi connectivity index (χ0v) is 40.3. The molecule has 0 heterocycles. The first kappa shape index (κ1) is 60.1. The van der Waals surface area contributed by atoms with Gasteiger partial charge in [-0.2, -0.15) is 0 Å². The zero-order chi connectivity index (χ0) is 46.1. The fourth-order valence-electron chi connectivity index (χ4n) is 7.81. The number of rotatable bonds is 46. The molecule has 0 aromatic carbocycles. The first-order valence-electron chi connectivity index (χ1n) is 25.1. The van der Waals surface area contributed by atoms with E-state index in [1.54, 1.807) is 0 Å². The molecule has 0 aromatic heterocycles. The Morgan fingerprint density at radius 3 is 1.32 bits per heavy atom. The summed E-state index contributed by atoms with van der Waals surface area (Å²) in [4.78, 5) is 71.5. The Labute approximate surface area is 376 Å². The first-order chi connectivity index (χ1) is 29.9. The number of unbranched alkanes of at least 4 members (excludes halogenated alkanes) is 28. The minimum Gasteiger partial charge on any atom is -0.462 e. The standard InChI is InChI=1S/C48H92NO12P/c1-4-7-10-13-16-19-21-24-27-30-33-36-44(53)49-42(39-50)47(48(43(52)40-51)61-62(56,57)58)60-46(55)38-41(35-32-29-26-23-18-15-12-9-6-3)59-45(54)37-34-31-28-25-22-20-17-14-11-8-5-2/h39,41-43,47-48,51-52H,4-38,40H2,1-3H3,(H,49,53)(H2,56,57,58)/t41-,42+,43-,47-,48-/m1/s1. The Morgan fingerprint density at radius 2 is 0.935 bits per heavy atom. The van der Waals surface area contributed by atoms with E-state index in [1.165, 1.54) is 109 Å². The maximum Gasteiger partial charge on any atom is 0.470 e. The number of aldehydes is 1. The molecule has 0 aliphatic rings. The van der Waals surface area contributed by atoms with Crippen LogP contribution < -0.4 is 5.32 Å². The maximum absolute atomic E-state index is 13.6. The van der Waals surface area contributed by atoms with Crippen molar-refractivity contribution in [2.75, 3.05) is 6.61 Å². The average Bonchev–Trinajstić information content (AvgIpc) is 3.23. The summed E-state index contributed by atoms with van der Waals surface area (Å²) in [5, 5.41) is 22.8. The lowest BCUT2D eigenvalue weighted by Crippen LogP contribution is -2.56. The van der Waals surface area contributed by atoms with Crippen LogP contribution in [0.25, 0.3) is 0 Å². The van der Waals surface area contributed by atoms with Crippen LogP contribution in [0.2, 0.25) is 0 Å². The minimum absolute atomic E-state index is 0.0461. The van der Waals surface area contributed by atoms with Crippen LogP contribution in [0, 0.1) is 0 Å². The van der Waals surface area contributed by atoms with Crippen molar-refractivity contribution in [3.63, 3.8) is 0 Å². The third-order valence-corrected chi connectivity index (χ3v) is 12.1. The third-order valence-electron chi connectivity index (χ3n) is 11.6. The van der Waals surface area contributed by atoms with Crippen LogP contribution in [0.1, 0.15) is 245 Å². The molecule has 0 bridgehead atoms. The molecular weight excluding hydrogens is 813 g/mol. The Hall–Kier alpha value is -1.89. The van der Waals surface area contributed by atoms with Gasteiger partial charge in [-0.1, -0.05) is 201 Å².